The fourth-order valence-electron chi connectivity index (χ4n) is 1.82. The summed E-state index contributed by atoms with van der Waals surface area (Å²) < 4.78 is 24.5. The highest BCUT2D eigenvalue weighted by Gasteiger charge is 2.36. The first kappa shape index (κ1) is 14.9. The summed E-state index contributed by atoms with van der Waals surface area (Å²) in [5.41, 5.74) is -0.334. The molecule has 0 bridgehead atoms. The van der Waals surface area contributed by atoms with E-state index in [-0.39, 0.29) is 28.5 Å². The zero-order valence-electron chi connectivity index (χ0n) is 11.0. The van der Waals surface area contributed by atoms with E-state index in [0.717, 1.165) is 0 Å². The number of nitroso groups, excluding NO2 is 1. The summed E-state index contributed by atoms with van der Waals surface area (Å²) in [6, 6.07) is 4.28. The van der Waals surface area contributed by atoms with Crippen molar-refractivity contribution in [3.63, 3.8) is 0 Å². The molecule has 0 unspecified atom stereocenters. The molecule has 0 fully saturated rings. The second-order valence-corrected chi connectivity index (χ2v) is 7.56. The Hall–Kier alpha value is -1.47. The van der Waals surface area contributed by atoms with Gasteiger partial charge in [0.25, 0.3) is 0 Å². The number of hydrogen-bond donors (Lipinski definition) is 0. The van der Waals surface area contributed by atoms with Gasteiger partial charge in [-0.05, 0) is 42.8 Å². The Balaban J connectivity index is 2.30. The van der Waals surface area contributed by atoms with Crippen LogP contribution in [0.25, 0.3) is 0 Å². The summed E-state index contributed by atoms with van der Waals surface area (Å²) in [7, 11) is -3.67. The highest BCUT2D eigenvalue weighted by Crippen LogP contribution is 2.29. The van der Waals surface area contributed by atoms with Crippen molar-refractivity contribution in [3.8, 4) is 0 Å². The maximum Gasteiger partial charge on any atom is 0.199 e. The number of rotatable bonds is 3. The lowest BCUT2D eigenvalue weighted by atomic mass is 10.1. The molecule has 0 saturated heterocycles. The van der Waals surface area contributed by atoms with Crippen LogP contribution in [0.3, 0.4) is 0 Å². The van der Waals surface area contributed by atoms with Gasteiger partial charge in [-0.25, -0.2) is 8.42 Å². The topological polar surface area (TPSA) is 85.2 Å². The minimum absolute atomic E-state index is 0.0284. The van der Waals surface area contributed by atoms with Crippen molar-refractivity contribution in [2.24, 2.45) is 10.3 Å². The molecular formula is C12H13ClN2O4S. The molecule has 6 nitrogen and oxygen atoms in total. The molecule has 1 aromatic carbocycles. The van der Waals surface area contributed by atoms with Gasteiger partial charge in [0.15, 0.2) is 14.9 Å². The van der Waals surface area contributed by atoms with E-state index in [4.69, 9.17) is 16.4 Å². The molecule has 1 aliphatic rings. The highest BCUT2D eigenvalue weighted by molar-refractivity contribution is 8.05. The van der Waals surface area contributed by atoms with Crippen LogP contribution in [0, 0.1) is 4.91 Å². The SMILES string of the molecule is CC1(C)CC(S(=O)(=O)Cc2cc(Cl)ccc2N=O)=NO1. The standard InChI is InChI=1S/C12H13ClN2O4S/c1-12(2)6-11(15-19-12)20(17,18)7-8-5-9(13)3-4-10(8)14-16/h3-5H,6-7H2,1-2H3. The molecular weight excluding hydrogens is 304 g/mol. The van der Waals surface area contributed by atoms with Crippen LogP contribution >= 0.6 is 11.6 Å². The molecule has 0 N–H and O–H groups in total. The first-order valence-electron chi connectivity index (χ1n) is 5.83. The number of nitrogens with zero attached hydrogens (tertiary/aromatic N) is 2. The third-order valence-corrected chi connectivity index (χ3v) is 4.68. The lowest BCUT2D eigenvalue weighted by Gasteiger charge is -2.13. The van der Waals surface area contributed by atoms with Crippen LogP contribution in [0.2, 0.25) is 5.02 Å². The van der Waals surface area contributed by atoms with Gasteiger partial charge in [0.05, 0.1) is 5.75 Å². The Kier molecular flexibility index (Phi) is 3.84. The van der Waals surface area contributed by atoms with E-state index in [1.807, 2.05) is 0 Å². The van der Waals surface area contributed by atoms with Crippen molar-refractivity contribution in [3.05, 3.63) is 33.7 Å². The summed E-state index contributed by atoms with van der Waals surface area (Å²) in [5, 5.41) is 6.74. The largest absolute Gasteiger partial charge is 0.389 e. The average molecular weight is 317 g/mol. The summed E-state index contributed by atoms with van der Waals surface area (Å²) in [4.78, 5) is 15.8. The Morgan fingerprint density at radius 1 is 1.45 bits per heavy atom. The van der Waals surface area contributed by atoms with E-state index in [9.17, 15) is 13.3 Å². The van der Waals surface area contributed by atoms with Crippen LogP contribution in [0.5, 0.6) is 0 Å². The van der Waals surface area contributed by atoms with Gasteiger partial charge in [0, 0.05) is 11.4 Å². The molecule has 108 valence electrons. The van der Waals surface area contributed by atoms with Crippen molar-refractivity contribution >= 4 is 32.2 Å². The fourth-order valence-corrected chi connectivity index (χ4v) is 3.54. The molecule has 0 saturated carbocycles. The van der Waals surface area contributed by atoms with E-state index in [0.29, 0.717) is 5.02 Å². The van der Waals surface area contributed by atoms with E-state index >= 15 is 0 Å². The van der Waals surface area contributed by atoms with Gasteiger partial charge in [-0.3, -0.25) is 0 Å². The number of halogens is 1. The zero-order valence-corrected chi connectivity index (χ0v) is 12.5. The van der Waals surface area contributed by atoms with E-state index in [1.165, 1.54) is 18.2 Å². The van der Waals surface area contributed by atoms with Gasteiger partial charge >= 0.3 is 0 Å². The predicted molar refractivity (Wildman–Crippen MR) is 76.7 cm³/mol. The number of sulfone groups is 1. The van der Waals surface area contributed by atoms with Crippen molar-refractivity contribution in [2.75, 3.05) is 0 Å². The van der Waals surface area contributed by atoms with Gasteiger partial charge < -0.3 is 4.84 Å². The second kappa shape index (κ2) is 5.14. The molecule has 0 spiro atoms. The Bertz CT molecular complexity index is 683. The lowest BCUT2D eigenvalue weighted by molar-refractivity contribution is 0.0123. The molecule has 0 radical (unpaired) electrons. The average Bonchev–Trinajstić information content (AvgIpc) is 2.70. The van der Waals surface area contributed by atoms with Crippen LogP contribution in [0.1, 0.15) is 25.8 Å². The van der Waals surface area contributed by atoms with Crippen molar-refractivity contribution in [1.82, 2.24) is 0 Å². The predicted octanol–water partition coefficient (Wildman–Crippen LogP) is 3.17. The molecule has 1 heterocycles. The summed E-state index contributed by atoms with van der Waals surface area (Å²) in [6.45, 7) is 3.49. The molecule has 0 atom stereocenters. The van der Waals surface area contributed by atoms with E-state index < -0.39 is 15.4 Å². The van der Waals surface area contributed by atoms with Gasteiger partial charge in [-0.1, -0.05) is 16.8 Å². The van der Waals surface area contributed by atoms with Crippen LogP contribution in [-0.4, -0.2) is 19.1 Å². The number of oxime groups is 1. The van der Waals surface area contributed by atoms with Crippen LogP contribution in [0.15, 0.2) is 28.5 Å². The van der Waals surface area contributed by atoms with Crippen molar-refractivity contribution < 1.29 is 13.3 Å². The maximum atomic E-state index is 12.3. The van der Waals surface area contributed by atoms with Crippen LogP contribution in [-0.2, 0) is 20.4 Å². The second-order valence-electron chi connectivity index (χ2n) is 5.14. The molecule has 20 heavy (non-hydrogen) atoms. The Morgan fingerprint density at radius 2 is 2.15 bits per heavy atom. The van der Waals surface area contributed by atoms with Crippen LogP contribution in [0.4, 0.5) is 5.69 Å². The first-order chi connectivity index (χ1) is 9.23. The molecule has 0 aromatic heterocycles. The third-order valence-electron chi connectivity index (χ3n) is 2.82. The first-order valence-corrected chi connectivity index (χ1v) is 7.86. The van der Waals surface area contributed by atoms with Crippen LogP contribution < -0.4 is 0 Å². The maximum absolute atomic E-state index is 12.3. The van der Waals surface area contributed by atoms with Crippen molar-refractivity contribution in [2.45, 2.75) is 31.6 Å². The zero-order chi connectivity index (χ0) is 15.0. The van der Waals surface area contributed by atoms with Gasteiger partial charge in [-0.2, -0.15) is 0 Å². The van der Waals surface area contributed by atoms with E-state index in [1.54, 1.807) is 13.8 Å². The molecule has 1 aliphatic heterocycles. The quantitative estimate of drug-likeness (QED) is 0.801. The molecule has 0 amide bonds. The summed E-state index contributed by atoms with van der Waals surface area (Å²) in [6.07, 6.45) is 0.194. The summed E-state index contributed by atoms with van der Waals surface area (Å²) in [5.74, 6) is -0.382. The smallest absolute Gasteiger partial charge is 0.199 e. The van der Waals surface area contributed by atoms with E-state index in [2.05, 4.69) is 10.3 Å². The number of benzene rings is 1. The van der Waals surface area contributed by atoms with Gasteiger partial charge in [0.2, 0.25) is 0 Å². The van der Waals surface area contributed by atoms with Crippen molar-refractivity contribution in [1.29, 1.82) is 0 Å². The third kappa shape index (κ3) is 3.16. The minimum Gasteiger partial charge on any atom is -0.389 e. The molecule has 1 aromatic rings. The lowest BCUT2D eigenvalue weighted by Crippen LogP contribution is -2.23. The number of hydrogen-bond acceptors (Lipinski definition) is 6. The Morgan fingerprint density at radius 3 is 2.70 bits per heavy atom. The Labute approximate surface area is 121 Å². The highest BCUT2D eigenvalue weighted by atomic mass is 35.5. The minimum atomic E-state index is -3.67. The molecule has 2 rings (SSSR count). The van der Waals surface area contributed by atoms with Gasteiger partial charge in [-0.15, -0.1) is 4.91 Å². The molecule has 0 aliphatic carbocycles. The molecule has 8 heteroatoms. The normalized spacial score (nSPS) is 17.4. The summed E-state index contributed by atoms with van der Waals surface area (Å²) >= 11 is 5.81. The fraction of sp³-hybridized carbons (Fsp3) is 0.417. The monoisotopic (exact) mass is 316 g/mol. The van der Waals surface area contributed by atoms with Gasteiger partial charge in [0.1, 0.15) is 11.3 Å².